The minimum atomic E-state index is -0.205. The zero-order valence-electron chi connectivity index (χ0n) is 11.1. The Morgan fingerprint density at radius 1 is 1.30 bits per heavy atom. The van der Waals surface area contributed by atoms with E-state index < -0.39 is 0 Å². The van der Waals surface area contributed by atoms with E-state index in [2.05, 4.69) is 20.5 Å². The number of fused-ring (bicyclic) bond motifs is 1. The van der Waals surface area contributed by atoms with Crippen LogP contribution >= 0.6 is 0 Å². The summed E-state index contributed by atoms with van der Waals surface area (Å²) in [6.07, 6.45) is 2.53. The second kappa shape index (κ2) is 5.13. The van der Waals surface area contributed by atoms with Crippen LogP contribution in [0, 0.1) is 0 Å². The molecule has 0 spiro atoms. The summed E-state index contributed by atoms with van der Waals surface area (Å²) >= 11 is 0. The molecule has 0 radical (unpaired) electrons. The summed E-state index contributed by atoms with van der Waals surface area (Å²) in [5.41, 5.74) is 2.22. The number of hydrogen-bond donors (Lipinski definition) is 2. The second-order valence-electron chi connectivity index (χ2n) is 4.47. The predicted octanol–water partition coefficient (Wildman–Crippen LogP) is 2.77. The lowest BCUT2D eigenvalue weighted by Gasteiger charge is -2.05. The molecule has 100 valence electrons. The van der Waals surface area contributed by atoms with Crippen molar-refractivity contribution in [2.45, 2.75) is 13.3 Å². The number of carbonyl (C=O) groups is 1. The molecule has 20 heavy (non-hydrogen) atoms. The largest absolute Gasteiger partial charge is 0.305 e. The van der Waals surface area contributed by atoms with Crippen molar-refractivity contribution in [3.8, 4) is 0 Å². The molecular weight excluding hydrogens is 252 g/mol. The summed E-state index contributed by atoms with van der Waals surface area (Å²) in [5.74, 6) is 0.322. The number of aromatic nitrogens is 3. The maximum absolute atomic E-state index is 12.3. The van der Waals surface area contributed by atoms with Crippen molar-refractivity contribution in [1.29, 1.82) is 0 Å². The zero-order valence-corrected chi connectivity index (χ0v) is 11.1. The maximum atomic E-state index is 12.3. The number of para-hydroxylation sites is 1. The minimum Gasteiger partial charge on any atom is -0.305 e. The standard InChI is InChI=1S/C15H14N4O/c1-2-11-9-13(19-18-11)17-15(20)12-7-3-5-10-6-4-8-16-14(10)12/h3-9H,2H2,1H3,(H2,17,18,19,20). The topological polar surface area (TPSA) is 70.7 Å². The summed E-state index contributed by atoms with van der Waals surface area (Å²) in [5, 5.41) is 10.6. The maximum Gasteiger partial charge on any atom is 0.259 e. The first-order valence-electron chi connectivity index (χ1n) is 6.47. The quantitative estimate of drug-likeness (QED) is 0.765. The monoisotopic (exact) mass is 266 g/mol. The van der Waals surface area contributed by atoms with Gasteiger partial charge in [0.25, 0.3) is 5.91 Å². The zero-order chi connectivity index (χ0) is 13.9. The van der Waals surface area contributed by atoms with Crippen LogP contribution in [0.1, 0.15) is 23.0 Å². The Labute approximate surface area is 116 Å². The molecule has 0 unspecified atom stereocenters. The molecule has 1 amide bonds. The molecule has 0 saturated heterocycles. The van der Waals surface area contributed by atoms with Gasteiger partial charge in [0.1, 0.15) is 0 Å². The lowest BCUT2D eigenvalue weighted by Crippen LogP contribution is -2.13. The Bertz CT molecular complexity index is 758. The van der Waals surface area contributed by atoms with E-state index in [0.717, 1.165) is 17.5 Å². The van der Waals surface area contributed by atoms with Crippen LogP contribution in [0.5, 0.6) is 0 Å². The van der Waals surface area contributed by atoms with Crippen molar-refractivity contribution in [2.75, 3.05) is 5.32 Å². The molecule has 5 nitrogen and oxygen atoms in total. The molecule has 3 aromatic rings. The molecule has 2 N–H and O–H groups in total. The number of amides is 1. The summed E-state index contributed by atoms with van der Waals surface area (Å²) in [6.45, 7) is 2.02. The molecule has 5 heteroatoms. The third-order valence-electron chi connectivity index (χ3n) is 3.13. The SMILES string of the molecule is CCc1cc(NC(=O)c2cccc3cccnc23)n[nH]1. The summed E-state index contributed by atoms with van der Waals surface area (Å²) in [4.78, 5) is 16.6. The lowest BCUT2D eigenvalue weighted by molar-refractivity contribution is 0.102. The number of nitrogens with one attached hydrogen (secondary N) is 2. The second-order valence-corrected chi connectivity index (χ2v) is 4.47. The van der Waals surface area contributed by atoms with Crippen LogP contribution in [-0.2, 0) is 6.42 Å². The number of H-pyrrole nitrogens is 1. The van der Waals surface area contributed by atoms with Crippen molar-refractivity contribution in [1.82, 2.24) is 15.2 Å². The van der Waals surface area contributed by atoms with Crippen LogP contribution in [0.2, 0.25) is 0 Å². The highest BCUT2D eigenvalue weighted by Gasteiger charge is 2.12. The van der Waals surface area contributed by atoms with Gasteiger partial charge in [-0.3, -0.25) is 14.9 Å². The molecule has 0 saturated carbocycles. The highest BCUT2D eigenvalue weighted by Crippen LogP contribution is 2.17. The van der Waals surface area contributed by atoms with E-state index in [1.807, 2.05) is 37.3 Å². The highest BCUT2D eigenvalue weighted by molar-refractivity contribution is 6.11. The van der Waals surface area contributed by atoms with Crippen LogP contribution in [-0.4, -0.2) is 21.1 Å². The third-order valence-corrected chi connectivity index (χ3v) is 3.13. The van der Waals surface area contributed by atoms with Crippen molar-refractivity contribution in [3.63, 3.8) is 0 Å². The molecule has 0 aliphatic heterocycles. The highest BCUT2D eigenvalue weighted by atomic mass is 16.1. The van der Waals surface area contributed by atoms with E-state index in [9.17, 15) is 4.79 Å². The number of aryl methyl sites for hydroxylation is 1. The lowest BCUT2D eigenvalue weighted by atomic mass is 10.1. The molecule has 1 aromatic carbocycles. The van der Waals surface area contributed by atoms with Gasteiger partial charge < -0.3 is 5.32 Å². The van der Waals surface area contributed by atoms with Gasteiger partial charge in [0.05, 0.1) is 11.1 Å². The Hall–Kier alpha value is -2.69. The third kappa shape index (κ3) is 2.25. The summed E-state index contributed by atoms with van der Waals surface area (Å²) in [7, 11) is 0. The Morgan fingerprint density at radius 3 is 2.95 bits per heavy atom. The molecule has 0 fully saturated rings. The van der Waals surface area contributed by atoms with Gasteiger partial charge >= 0.3 is 0 Å². The molecule has 3 rings (SSSR count). The van der Waals surface area contributed by atoms with Crippen LogP contribution < -0.4 is 5.32 Å². The van der Waals surface area contributed by atoms with E-state index in [1.54, 1.807) is 12.3 Å². The van der Waals surface area contributed by atoms with Gasteiger partial charge in [0, 0.05) is 23.3 Å². The molecular formula is C15H14N4O. The van der Waals surface area contributed by atoms with Gasteiger partial charge in [-0.05, 0) is 18.6 Å². The number of anilines is 1. The van der Waals surface area contributed by atoms with E-state index in [-0.39, 0.29) is 5.91 Å². The Balaban J connectivity index is 1.92. The van der Waals surface area contributed by atoms with E-state index >= 15 is 0 Å². The number of nitrogens with zero attached hydrogens (tertiary/aromatic N) is 2. The van der Waals surface area contributed by atoms with E-state index in [4.69, 9.17) is 0 Å². The van der Waals surface area contributed by atoms with Crippen molar-refractivity contribution in [2.24, 2.45) is 0 Å². The molecule has 0 bridgehead atoms. The fourth-order valence-electron chi connectivity index (χ4n) is 2.08. The van der Waals surface area contributed by atoms with Crippen molar-refractivity contribution < 1.29 is 4.79 Å². The molecule has 2 aromatic heterocycles. The Morgan fingerprint density at radius 2 is 2.15 bits per heavy atom. The molecule has 0 aliphatic rings. The van der Waals surface area contributed by atoms with Crippen LogP contribution in [0.4, 0.5) is 5.82 Å². The smallest absolute Gasteiger partial charge is 0.259 e. The summed E-state index contributed by atoms with van der Waals surface area (Å²) in [6, 6.07) is 11.2. The van der Waals surface area contributed by atoms with Gasteiger partial charge in [-0.15, -0.1) is 0 Å². The van der Waals surface area contributed by atoms with Gasteiger partial charge in [-0.2, -0.15) is 5.10 Å². The first-order valence-corrected chi connectivity index (χ1v) is 6.47. The number of hydrogen-bond acceptors (Lipinski definition) is 3. The fourth-order valence-corrected chi connectivity index (χ4v) is 2.08. The number of aromatic amines is 1. The van der Waals surface area contributed by atoms with Gasteiger partial charge in [0.15, 0.2) is 5.82 Å². The first kappa shape index (κ1) is 12.3. The number of carbonyl (C=O) groups excluding carboxylic acids is 1. The Kier molecular flexibility index (Phi) is 3.16. The van der Waals surface area contributed by atoms with Crippen LogP contribution in [0.15, 0.2) is 42.6 Å². The number of benzene rings is 1. The van der Waals surface area contributed by atoms with Gasteiger partial charge in [-0.25, -0.2) is 0 Å². The fraction of sp³-hybridized carbons (Fsp3) is 0.133. The number of pyridine rings is 1. The molecule has 0 aliphatic carbocycles. The van der Waals surface area contributed by atoms with Crippen molar-refractivity contribution in [3.05, 3.63) is 53.9 Å². The van der Waals surface area contributed by atoms with Crippen LogP contribution in [0.3, 0.4) is 0 Å². The minimum absolute atomic E-state index is 0.205. The average Bonchev–Trinajstić information content (AvgIpc) is 2.94. The predicted molar refractivity (Wildman–Crippen MR) is 77.7 cm³/mol. The summed E-state index contributed by atoms with van der Waals surface area (Å²) < 4.78 is 0. The van der Waals surface area contributed by atoms with E-state index in [1.165, 1.54) is 0 Å². The van der Waals surface area contributed by atoms with Crippen LogP contribution in [0.25, 0.3) is 10.9 Å². The molecule has 0 atom stereocenters. The van der Waals surface area contributed by atoms with E-state index in [0.29, 0.717) is 16.9 Å². The normalized spacial score (nSPS) is 10.7. The van der Waals surface area contributed by atoms with Crippen molar-refractivity contribution >= 4 is 22.6 Å². The molecule has 2 heterocycles. The van der Waals surface area contributed by atoms with Gasteiger partial charge in [-0.1, -0.05) is 25.1 Å². The van der Waals surface area contributed by atoms with Gasteiger partial charge in [0.2, 0.25) is 0 Å². The number of rotatable bonds is 3. The average molecular weight is 266 g/mol. The first-order chi connectivity index (χ1) is 9.78.